The molecule has 2 N–H and O–H groups in total. The molecule has 1 aromatic rings. The summed E-state index contributed by atoms with van der Waals surface area (Å²) in [4.78, 5) is 42.8. The first-order chi connectivity index (χ1) is 13.6. The van der Waals surface area contributed by atoms with E-state index >= 15 is 0 Å². The summed E-state index contributed by atoms with van der Waals surface area (Å²) in [5.74, 6) is -0.235. The van der Waals surface area contributed by atoms with Crippen LogP contribution in [0.1, 0.15) is 79.1 Å². The zero-order valence-corrected chi connectivity index (χ0v) is 18.6. The summed E-state index contributed by atoms with van der Waals surface area (Å²) in [6, 6.07) is 0. The summed E-state index contributed by atoms with van der Waals surface area (Å²) >= 11 is 0. The van der Waals surface area contributed by atoms with Gasteiger partial charge >= 0.3 is 5.97 Å². The van der Waals surface area contributed by atoms with E-state index in [0.29, 0.717) is 48.1 Å². The Labute approximate surface area is 173 Å². The summed E-state index contributed by atoms with van der Waals surface area (Å²) < 4.78 is 5.30. The summed E-state index contributed by atoms with van der Waals surface area (Å²) in [7, 11) is 0. The topological polar surface area (TPSA) is 91.5 Å². The van der Waals surface area contributed by atoms with Gasteiger partial charge in [-0.3, -0.25) is 9.59 Å². The van der Waals surface area contributed by atoms with Crippen LogP contribution in [-0.4, -0.2) is 53.4 Å². The van der Waals surface area contributed by atoms with Crippen LogP contribution < -0.4 is 5.32 Å². The Morgan fingerprint density at radius 1 is 1.21 bits per heavy atom. The van der Waals surface area contributed by atoms with Gasteiger partial charge in [-0.05, 0) is 58.4 Å². The first kappa shape index (κ1) is 23.0. The highest BCUT2D eigenvalue weighted by molar-refractivity contribution is 6.00. The van der Waals surface area contributed by atoms with E-state index in [2.05, 4.69) is 24.1 Å². The molecule has 0 radical (unpaired) electrons. The van der Waals surface area contributed by atoms with Gasteiger partial charge in [0, 0.05) is 25.3 Å². The number of hydrogen-bond acceptors (Lipinski definition) is 4. The van der Waals surface area contributed by atoms with Crippen LogP contribution in [0.4, 0.5) is 0 Å². The molecule has 1 aliphatic heterocycles. The molecule has 0 spiro atoms. The molecule has 7 heteroatoms. The standard InChI is InChI=1S/C22H35N3O4/c1-13(2)9-10-23-20(26)17-8-7-11-25(12-17)21(27)19-15(5)18(16(6)24-19)22(28)29-14(3)4/h13-14,17,24H,7-12H2,1-6H3,(H,23,26). The molecule has 1 atom stereocenters. The number of carbonyl (C=O) groups excluding carboxylic acids is 3. The average molecular weight is 406 g/mol. The normalized spacial score (nSPS) is 17.0. The number of nitrogens with one attached hydrogen (secondary N) is 2. The van der Waals surface area contributed by atoms with Gasteiger partial charge in [-0.15, -0.1) is 0 Å². The maximum absolute atomic E-state index is 13.1. The molecule has 1 saturated heterocycles. The minimum Gasteiger partial charge on any atom is -0.459 e. The van der Waals surface area contributed by atoms with Crippen molar-refractivity contribution in [2.75, 3.05) is 19.6 Å². The number of carbonyl (C=O) groups is 3. The van der Waals surface area contributed by atoms with E-state index in [4.69, 9.17) is 4.74 Å². The van der Waals surface area contributed by atoms with Crippen molar-refractivity contribution in [1.29, 1.82) is 0 Å². The van der Waals surface area contributed by atoms with E-state index in [1.54, 1.807) is 32.6 Å². The van der Waals surface area contributed by atoms with E-state index in [1.165, 1.54) is 0 Å². The number of H-pyrrole nitrogens is 1. The molecule has 7 nitrogen and oxygen atoms in total. The third kappa shape index (κ3) is 5.84. The van der Waals surface area contributed by atoms with Gasteiger partial charge in [-0.1, -0.05) is 13.8 Å². The van der Waals surface area contributed by atoms with E-state index in [1.807, 2.05) is 0 Å². The highest BCUT2D eigenvalue weighted by Crippen LogP contribution is 2.24. The van der Waals surface area contributed by atoms with Crippen molar-refractivity contribution in [3.05, 3.63) is 22.5 Å². The Morgan fingerprint density at radius 2 is 1.90 bits per heavy atom. The highest BCUT2D eigenvalue weighted by Gasteiger charge is 2.31. The lowest BCUT2D eigenvalue weighted by molar-refractivity contribution is -0.126. The zero-order valence-electron chi connectivity index (χ0n) is 18.6. The molecule has 2 rings (SSSR count). The Morgan fingerprint density at radius 3 is 2.52 bits per heavy atom. The van der Waals surface area contributed by atoms with Crippen LogP contribution in [0.15, 0.2) is 0 Å². The lowest BCUT2D eigenvalue weighted by Gasteiger charge is -2.32. The van der Waals surface area contributed by atoms with Crippen LogP contribution in [0.5, 0.6) is 0 Å². The number of aryl methyl sites for hydroxylation is 1. The van der Waals surface area contributed by atoms with Crippen LogP contribution in [0, 0.1) is 25.7 Å². The van der Waals surface area contributed by atoms with Crippen LogP contribution in [0.3, 0.4) is 0 Å². The number of nitrogens with zero attached hydrogens (tertiary/aromatic N) is 1. The van der Waals surface area contributed by atoms with Crippen molar-refractivity contribution in [2.24, 2.45) is 11.8 Å². The molecule has 0 aliphatic carbocycles. The molecule has 0 bridgehead atoms. The Bertz CT molecular complexity index is 751. The monoisotopic (exact) mass is 405 g/mol. The second-order valence-electron chi connectivity index (χ2n) is 8.64. The Hall–Kier alpha value is -2.31. The number of hydrogen-bond donors (Lipinski definition) is 2. The van der Waals surface area contributed by atoms with E-state index in [9.17, 15) is 14.4 Å². The van der Waals surface area contributed by atoms with Gasteiger partial charge in [0.2, 0.25) is 5.91 Å². The highest BCUT2D eigenvalue weighted by atomic mass is 16.5. The Balaban J connectivity index is 2.08. The zero-order chi connectivity index (χ0) is 21.7. The lowest BCUT2D eigenvalue weighted by atomic mass is 9.96. The minimum atomic E-state index is -0.425. The Kier molecular flexibility index (Phi) is 7.88. The molecule has 0 aromatic carbocycles. The molecule has 1 fully saturated rings. The van der Waals surface area contributed by atoms with Gasteiger partial charge in [0.1, 0.15) is 5.69 Å². The maximum Gasteiger partial charge on any atom is 0.340 e. The number of likely N-dealkylation sites (tertiary alicyclic amines) is 1. The lowest BCUT2D eigenvalue weighted by Crippen LogP contribution is -2.46. The minimum absolute atomic E-state index is 0.0174. The quantitative estimate of drug-likeness (QED) is 0.682. The maximum atomic E-state index is 13.1. The molecule has 0 saturated carbocycles. The summed E-state index contributed by atoms with van der Waals surface area (Å²) in [6.07, 6.45) is 2.28. The number of esters is 1. The van der Waals surface area contributed by atoms with Crippen molar-refractivity contribution in [2.45, 2.75) is 66.9 Å². The fourth-order valence-electron chi connectivity index (χ4n) is 3.71. The van der Waals surface area contributed by atoms with Crippen LogP contribution in [0.2, 0.25) is 0 Å². The number of ether oxygens (including phenoxy) is 1. The van der Waals surface area contributed by atoms with Crippen LogP contribution in [-0.2, 0) is 9.53 Å². The molecular weight excluding hydrogens is 370 g/mol. The summed E-state index contributed by atoms with van der Waals surface area (Å²) in [5, 5.41) is 2.99. The number of rotatable bonds is 7. The van der Waals surface area contributed by atoms with Crippen molar-refractivity contribution in [3.8, 4) is 0 Å². The third-order valence-corrected chi connectivity index (χ3v) is 5.30. The SMILES string of the molecule is Cc1[nH]c(C(=O)N2CCCC(C(=O)NCCC(C)C)C2)c(C)c1C(=O)OC(C)C. The molecule has 29 heavy (non-hydrogen) atoms. The largest absolute Gasteiger partial charge is 0.459 e. The molecule has 1 unspecified atom stereocenters. The van der Waals surface area contributed by atoms with Gasteiger partial charge in [0.15, 0.2) is 0 Å². The second-order valence-corrected chi connectivity index (χ2v) is 8.64. The molecule has 2 amide bonds. The molecular formula is C22H35N3O4. The smallest absolute Gasteiger partial charge is 0.340 e. The first-order valence-corrected chi connectivity index (χ1v) is 10.6. The predicted octanol–water partition coefficient (Wildman–Crippen LogP) is 3.21. The third-order valence-electron chi connectivity index (χ3n) is 5.30. The first-order valence-electron chi connectivity index (χ1n) is 10.6. The summed E-state index contributed by atoms with van der Waals surface area (Å²) in [6.45, 7) is 13.0. The van der Waals surface area contributed by atoms with Crippen LogP contribution in [0.25, 0.3) is 0 Å². The van der Waals surface area contributed by atoms with Gasteiger partial charge in [-0.2, -0.15) is 0 Å². The van der Waals surface area contributed by atoms with Crippen molar-refractivity contribution in [3.63, 3.8) is 0 Å². The van der Waals surface area contributed by atoms with Crippen molar-refractivity contribution < 1.29 is 19.1 Å². The fourth-order valence-corrected chi connectivity index (χ4v) is 3.71. The van der Waals surface area contributed by atoms with Gasteiger partial charge in [-0.25, -0.2) is 4.79 Å². The fraction of sp³-hybridized carbons (Fsp3) is 0.682. The molecule has 2 heterocycles. The average Bonchev–Trinajstić information content (AvgIpc) is 2.94. The van der Waals surface area contributed by atoms with E-state index in [0.717, 1.165) is 19.3 Å². The van der Waals surface area contributed by atoms with Crippen molar-refractivity contribution in [1.82, 2.24) is 15.2 Å². The van der Waals surface area contributed by atoms with Crippen molar-refractivity contribution >= 4 is 17.8 Å². The van der Waals surface area contributed by atoms with Gasteiger partial charge in [0.05, 0.1) is 17.6 Å². The van der Waals surface area contributed by atoms with E-state index < -0.39 is 5.97 Å². The number of piperidine rings is 1. The molecule has 1 aromatic heterocycles. The summed E-state index contributed by atoms with van der Waals surface area (Å²) in [5.41, 5.74) is 2.04. The predicted molar refractivity (Wildman–Crippen MR) is 112 cm³/mol. The second kappa shape index (κ2) is 9.94. The molecule has 1 aliphatic rings. The molecule has 162 valence electrons. The van der Waals surface area contributed by atoms with Crippen LogP contribution >= 0.6 is 0 Å². The van der Waals surface area contributed by atoms with Gasteiger partial charge in [0.25, 0.3) is 5.91 Å². The van der Waals surface area contributed by atoms with E-state index in [-0.39, 0.29) is 23.8 Å². The number of amides is 2. The number of aromatic nitrogens is 1. The van der Waals surface area contributed by atoms with Gasteiger partial charge < -0.3 is 19.9 Å². The number of aromatic amines is 1.